The van der Waals surface area contributed by atoms with Crippen molar-refractivity contribution in [3.05, 3.63) is 0 Å². The fourth-order valence-electron chi connectivity index (χ4n) is 3.26. The predicted octanol–water partition coefficient (Wildman–Crippen LogP) is 0.996. The number of carbonyl (C=O) groups excluding carboxylic acids is 1. The van der Waals surface area contributed by atoms with E-state index in [1.54, 1.807) is 7.05 Å². The van der Waals surface area contributed by atoms with Gasteiger partial charge in [-0.3, -0.25) is 9.79 Å². The van der Waals surface area contributed by atoms with E-state index in [1.807, 2.05) is 11.8 Å². The van der Waals surface area contributed by atoms with E-state index in [1.165, 1.54) is 0 Å². The van der Waals surface area contributed by atoms with Crippen molar-refractivity contribution in [1.29, 1.82) is 0 Å². The molecule has 1 unspecified atom stereocenters. The lowest BCUT2D eigenvalue weighted by atomic mass is 10.0. The van der Waals surface area contributed by atoms with Crippen molar-refractivity contribution in [3.8, 4) is 0 Å². The molecule has 0 radical (unpaired) electrons. The summed E-state index contributed by atoms with van der Waals surface area (Å²) in [5, 5.41) is 6.74. The van der Waals surface area contributed by atoms with Crippen LogP contribution in [0.1, 0.15) is 39.0 Å². The zero-order chi connectivity index (χ0) is 17.9. The first-order chi connectivity index (χ1) is 12.2. The van der Waals surface area contributed by atoms with Crippen LogP contribution in [0.15, 0.2) is 4.99 Å². The van der Waals surface area contributed by atoms with Gasteiger partial charge in [0.2, 0.25) is 5.91 Å². The van der Waals surface area contributed by atoms with E-state index < -0.39 is 0 Å². The molecule has 1 amide bonds. The highest BCUT2D eigenvalue weighted by Gasteiger charge is 2.25. The van der Waals surface area contributed by atoms with Gasteiger partial charge in [0.1, 0.15) is 0 Å². The summed E-state index contributed by atoms with van der Waals surface area (Å²) in [4.78, 5) is 17.9. The van der Waals surface area contributed by atoms with E-state index in [0.29, 0.717) is 12.3 Å². The number of carbonyl (C=O) groups is 1. The molecule has 7 heteroatoms. The summed E-state index contributed by atoms with van der Waals surface area (Å²) in [6.07, 6.45) is 4.74. The molecular weight excluding hydrogens is 320 g/mol. The second-order valence-electron chi connectivity index (χ2n) is 6.81. The first kappa shape index (κ1) is 20.0. The number of hydrogen-bond acceptors (Lipinski definition) is 4. The normalized spacial score (nSPS) is 22.2. The number of nitrogens with zero attached hydrogens (tertiary/aromatic N) is 2. The molecule has 2 aliphatic rings. The summed E-state index contributed by atoms with van der Waals surface area (Å²) in [6, 6.07) is 0.284. The number of nitrogens with one attached hydrogen (secondary N) is 2. The number of amides is 1. The predicted molar refractivity (Wildman–Crippen MR) is 98.8 cm³/mol. The highest BCUT2D eigenvalue weighted by molar-refractivity contribution is 5.80. The van der Waals surface area contributed by atoms with Gasteiger partial charge in [-0.25, -0.2) is 0 Å². The average molecular weight is 354 g/mol. The Morgan fingerprint density at radius 2 is 2.12 bits per heavy atom. The minimum Gasteiger partial charge on any atom is -0.381 e. The van der Waals surface area contributed by atoms with Crippen LogP contribution < -0.4 is 10.6 Å². The second-order valence-corrected chi connectivity index (χ2v) is 6.81. The van der Waals surface area contributed by atoms with Crippen molar-refractivity contribution in [3.63, 3.8) is 0 Å². The topological polar surface area (TPSA) is 75.2 Å². The summed E-state index contributed by atoms with van der Waals surface area (Å²) in [7, 11) is 1.78. The lowest BCUT2D eigenvalue weighted by Gasteiger charge is -2.21. The van der Waals surface area contributed by atoms with Crippen molar-refractivity contribution in [1.82, 2.24) is 15.5 Å². The van der Waals surface area contributed by atoms with E-state index in [2.05, 4.69) is 15.6 Å². The molecule has 2 saturated heterocycles. The molecule has 0 aromatic rings. The quantitative estimate of drug-likeness (QED) is 0.386. The molecule has 144 valence electrons. The van der Waals surface area contributed by atoms with Gasteiger partial charge >= 0.3 is 0 Å². The third kappa shape index (κ3) is 7.20. The van der Waals surface area contributed by atoms with Crippen LogP contribution in [0.2, 0.25) is 0 Å². The summed E-state index contributed by atoms with van der Waals surface area (Å²) in [6.45, 7) is 7.71. The zero-order valence-electron chi connectivity index (χ0n) is 15.8. The Morgan fingerprint density at radius 3 is 2.84 bits per heavy atom. The van der Waals surface area contributed by atoms with Crippen LogP contribution in [0.4, 0.5) is 0 Å². The molecule has 2 heterocycles. The molecule has 0 aromatic heterocycles. The van der Waals surface area contributed by atoms with Crippen molar-refractivity contribution in [2.24, 2.45) is 10.9 Å². The summed E-state index contributed by atoms with van der Waals surface area (Å²) >= 11 is 0. The molecule has 2 fully saturated rings. The third-order valence-electron chi connectivity index (χ3n) is 4.86. The lowest BCUT2D eigenvalue weighted by Crippen LogP contribution is -2.45. The summed E-state index contributed by atoms with van der Waals surface area (Å²) in [5.41, 5.74) is 0. The van der Waals surface area contributed by atoms with Crippen molar-refractivity contribution in [2.75, 3.05) is 53.1 Å². The van der Waals surface area contributed by atoms with Crippen LogP contribution >= 0.6 is 0 Å². The van der Waals surface area contributed by atoms with Crippen molar-refractivity contribution >= 4 is 11.9 Å². The van der Waals surface area contributed by atoms with Crippen molar-refractivity contribution < 1.29 is 14.3 Å². The first-order valence-electron chi connectivity index (χ1n) is 9.63. The van der Waals surface area contributed by atoms with E-state index in [-0.39, 0.29) is 11.9 Å². The fourth-order valence-corrected chi connectivity index (χ4v) is 3.26. The van der Waals surface area contributed by atoms with Gasteiger partial charge in [0.05, 0.1) is 0 Å². The highest BCUT2D eigenvalue weighted by atomic mass is 16.5. The molecule has 25 heavy (non-hydrogen) atoms. The Labute approximate surface area is 151 Å². The number of hydrogen-bond donors (Lipinski definition) is 2. The van der Waals surface area contributed by atoms with E-state index in [9.17, 15) is 4.79 Å². The second kappa shape index (κ2) is 11.3. The molecule has 0 aliphatic carbocycles. The summed E-state index contributed by atoms with van der Waals surface area (Å²) in [5.74, 6) is 1.70. The Morgan fingerprint density at radius 1 is 1.32 bits per heavy atom. The molecule has 0 aromatic carbocycles. The molecule has 0 saturated carbocycles. The number of guanidine groups is 1. The molecule has 0 bridgehead atoms. The average Bonchev–Trinajstić information content (AvgIpc) is 3.12. The first-order valence-corrected chi connectivity index (χ1v) is 9.63. The lowest BCUT2D eigenvalue weighted by molar-refractivity contribution is -0.129. The van der Waals surface area contributed by atoms with Gasteiger partial charge in [0, 0.05) is 65.6 Å². The Hall–Kier alpha value is -1.34. The number of ether oxygens (including phenoxy) is 2. The SMILES string of the molecule is CCC(=O)N1CCC(NC(=NC)NCCCOCC2CCOCC2)C1. The maximum Gasteiger partial charge on any atom is 0.222 e. The maximum atomic E-state index is 11.7. The standard InChI is InChI=1S/C18H34N4O3/c1-3-17(23)22-9-5-16(13-22)21-18(19-2)20-8-4-10-25-14-15-6-11-24-12-7-15/h15-16H,3-14H2,1-2H3,(H2,19,20,21). The molecule has 2 N–H and O–H groups in total. The van der Waals surface area contributed by atoms with Gasteiger partial charge in [-0.05, 0) is 31.6 Å². The highest BCUT2D eigenvalue weighted by Crippen LogP contribution is 2.14. The van der Waals surface area contributed by atoms with Crippen molar-refractivity contribution in [2.45, 2.75) is 45.1 Å². The van der Waals surface area contributed by atoms with Crippen LogP contribution in [-0.4, -0.2) is 75.9 Å². The molecule has 2 rings (SSSR count). The minimum atomic E-state index is 0.230. The van der Waals surface area contributed by atoms with Gasteiger partial charge in [-0.15, -0.1) is 0 Å². The molecule has 7 nitrogen and oxygen atoms in total. The maximum absolute atomic E-state index is 11.7. The monoisotopic (exact) mass is 354 g/mol. The van der Waals surface area contributed by atoms with Gasteiger partial charge in [-0.1, -0.05) is 6.92 Å². The van der Waals surface area contributed by atoms with Crippen LogP contribution in [0.25, 0.3) is 0 Å². The third-order valence-corrected chi connectivity index (χ3v) is 4.86. The molecule has 0 spiro atoms. The number of likely N-dealkylation sites (tertiary alicyclic amines) is 1. The van der Waals surface area contributed by atoms with E-state index in [4.69, 9.17) is 9.47 Å². The summed E-state index contributed by atoms with van der Waals surface area (Å²) < 4.78 is 11.1. The molecular formula is C18H34N4O3. The number of rotatable bonds is 8. The van der Waals surface area contributed by atoms with Gasteiger partial charge in [-0.2, -0.15) is 0 Å². The zero-order valence-corrected chi connectivity index (χ0v) is 15.8. The minimum absolute atomic E-state index is 0.230. The van der Waals surface area contributed by atoms with Crippen LogP contribution in [0.5, 0.6) is 0 Å². The largest absolute Gasteiger partial charge is 0.381 e. The van der Waals surface area contributed by atoms with Gasteiger partial charge < -0.3 is 25.0 Å². The Kier molecular flexibility index (Phi) is 9.04. The molecule has 2 aliphatic heterocycles. The van der Waals surface area contributed by atoms with Gasteiger partial charge in [0.25, 0.3) is 0 Å². The fraction of sp³-hybridized carbons (Fsp3) is 0.889. The number of aliphatic imine (C=N–C) groups is 1. The van der Waals surface area contributed by atoms with E-state index >= 15 is 0 Å². The Balaban J connectivity index is 1.52. The van der Waals surface area contributed by atoms with Crippen LogP contribution in [0, 0.1) is 5.92 Å². The van der Waals surface area contributed by atoms with E-state index in [0.717, 1.165) is 77.7 Å². The van der Waals surface area contributed by atoms with Crippen LogP contribution in [-0.2, 0) is 14.3 Å². The molecule has 1 atom stereocenters. The Bertz CT molecular complexity index is 425. The smallest absolute Gasteiger partial charge is 0.222 e. The van der Waals surface area contributed by atoms with Crippen LogP contribution in [0.3, 0.4) is 0 Å². The van der Waals surface area contributed by atoms with Gasteiger partial charge in [0.15, 0.2) is 5.96 Å².